The van der Waals surface area contributed by atoms with Gasteiger partial charge in [-0.15, -0.1) is 0 Å². The molecule has 2 aromatic rings. The molecule has 2 aliphatic rings. The van der Waals surface area contributed by atoms with E-state index in [2.05, 4.69) is 32.2 Å². The van der Waals surface area contributed by atoms with Gasteiger partial charge in [0.25, 0.3) is 0 Å². The van der Waals surface area contributed by atoms with Crippen LogP contribution in [0.5, 0.6) is 5.75 Å². The third-order valence-corrected chi connectivity index (χ3v) is 6.20. The zero-order valence-electron chi connectivity index (χ0n) is 16.2. The molecule has 6 nitrogen and oxygen atoms in total. The van der Waals surface area contributed by atoms with Gasteiger partial charge in [0.1, 0.15) is 11.6 Å². The number of ether oxygens (including phenoxy) is 1. The van der Waals surface area contributed by atoms with Crippen LogP contribution in [0.3, 0.4) is 0 Å². The average Bonchev–Trinajstić information content (AvgIpc) is 3.38. The van der Waals surface area contributed by atoms with Crippen molar-refractivity contribution in [2.45, 2.75) is 56.8 Å². The number of aryl methyl sites for hydroxylation is 1. The fourth-order valence-electron chi connectivity index (χ4n) is 4.73. The summed E-state index contributed by atoms with van der Waals surface area (Å²) in [6.45, 7) is 3.46. The molecule has 4 rings (SSSR count). The number of methoxy groups -OCH3 is 1. The maximum Gasteiger partial charge on any atom is 0.233 e. The highest BCUT2D eigenvalue weighted by atomic mass is 16.5. The lowest BCUT2D eigenvalue weighted by molar-refractivity contribution is -0.138. The van der Waals surface area contributed by atoms with Gasteiger partial charge in [0.05, 0.1) is 12.5 Å². The second-order valence-corrected chi connectivity index (χ2v) is 7.89. The molecule has 144 valence electrons. The number of carbonyl (C=O) groups is 1. The normalized spacial score (nSPS) is 22.0. The van der Waals surface area contributed by atoms with Crippen LogP contribution in [-0.2, 0) is 10.2 Å². The van der Waals surface area contributed by atoms with E-state index in [1.165, 1.54) is 0 Å². The number of piperidine rings is 1. The number of hydrogen-bond donors (Lipinski definition) is 1. The van der Waals surface area contributed by atoms with Crippen LogP contribution >= 0.6 is 0 Å². The fraction of sp³-hybridized carbons (Fsp3) is 0.571. The molecule has 1 aromatic carbocycles. The van der Waals surface area contributed by atoms with Crippen LogP contribution in [0.2, 0.25) is 0 Å². The van der Waals surface area contributed by atoms with Gasteiger partial charge >= 0.3 is 0 Å². The van der Waals surface area contributed by atoms with Crippen molar-refractivity contribution in [2.75, 3.05) is 20.2 Å². The van der Waals surface area contributed by atoms with Crippen molar-refractivity contribution in [1.29, 1.82) is 0 Å². The average molecular weight is 368 g/mol. The van der Waals surface area contributed by atoms with Crippen LogP contribution in [0.4, 0.5) is 0 Å². The van der Waals surface area contributed by atoms with Gasteiger partial charge in [-0.25, -0.2) is 4.98 Å². The van der Waals surface area contributed by atoms with Crippen LogP contribution in [-0.4, -0.2) is 46.2 Å². The highest BCUT2D eigenvalue weighted by molar-refractivity contribution is 5.89. The smallest absolute Gasteiger partial charge is 0.233 e. The van der Waals surface area contributed by atoms with E-state index in [4.69, 9.17) is 4.74 Å². The van der Waals surface area contributed by atoms with Gasteiger partial charge < -0.3 is 9.64 Å². The number of benzene rings is 1. The molecule has 1 aliphatic carbocycles. The molecular weight excluding hydrogens is 340 g/mol. The van der Waals surface area contributed by atoms with Gasteiger partial charge in [0, 0.05) is 19.0 Å². The largest absolute Gasteiger partial charge is 0.497 e. The highest BCUT2D eigenvalue weighted by Gasteiger charge is 2.45. The Hall–Kier alpha value is -2.37. The number of nitrogens with zero attached hydrogens (tertiary/aromatic N) is 3. The zero-order valence-corrected chi connectivity index (χ0v) is 16.2. The molecular formula is C21H28N4O2. The Balaban J connectivity index is 1.58. The van der Waals surface area contributed by atoms with Crippen molar-refractivity contribution in [3.05, 3.63) is 41.5 Å². The molecule has 27 heavy (non-hydrogen) atoms. The quantitative estimate of drug-likeness (QED) is 0.898. The minimum Gasteiger partial charge on any atom is -0.497 e. The van der Waals surface area contributed by atoms with E-state index < -0.39 is 0 Å². The molecule has 0 spiro atoms. The Morgan fingerprint density at radius 3 is 2.59 bits per heavy atom. The number of aromatic nitrogens is 3. The van der Waals surface area contributed by atoms with E-state index in [0.29, 0.717) is 6.54 Å². The van der Waals surface area contributed by atoms with Crippen LogP contribution < -0.4 is 4.74 Å². The van der Waals surface area contributed by atoms with Crippen molar-refractivity contribution in [1.82, 2.24) is 20.1 Å². The Labute approximate surface area is 160 Å². The summed E-state index contributed by atoms with van der Waals surface area (Å²) in [6, 6.07) is 8.08. The number of carbonyl (C=O) groups excluding carboxylic acids is 1. The summed E-state index contributed by atoms with van der Waals surface area (Å²) in [4.78, 5) is 20.3. The first-order valence-electron chi connectivity index (χ1n) is 9.95. The Morgan fingerprint density at radius 2 is 1.96 bits per heavy atom. The second kappa shape index (κ2) is 7.33. The SMILES string of the molecule is COc1ccc(C2(C(=O)N3CCC[C@H](c4n[nH]c(C)n4)C3)CCCC2)cc1. The molecule has 1 atom stereocenters. The topological polar surface area (TPSA) is 71.1 Å². The van der Waals surface area contributed by atoms with Gasteiger partial charge in [-0.3, -0.25) is 9.89 Å². The number of H-pyrrole nitrogens is 1. The number of rotatable bonds is 4. The van der Waals surface area contributed by atoms with Gasteiger partial charge in [-0.05, 0) is 50.3 Å². The second-order valence-electron chi connectivity index (χ2n) is 7.89. The summed E-state index contributed by atoms with van der Waals surface area (Å²) in [7, 11) is 1.67. The van der Waals surface area contributed by atoms with Crippen molar-refractivity contribution in [3.8, 4) is 5.75 Å². The van der Waals surface area contributed by atoms with E-state index in [0.717, 1.165) is 68.0 Å². The lowest BCUT2D eigenvalue weighted by atomic mass is 9.77. The highest BCUT2D eigenvalue weighted by Crippen LogP contribution is 2.44. The number of nitrogens with one attached hydrogen (secondary N) is 1. The first-order valence-corrected chi connectivity index (χ1v) is 9.95. The monoisotopic (exact) mass is 368 g/mol. The zero-order chi connectivity index (χ0) is 18.9. The molecule has 0 unspecified atom stereocenters. The number of hydrogen-bond acceptors (Lipinski definition) is 4. The summed E-state index contributed by atoms with van der Waals surface area (Å²) < 4.78 is 5.29. The first-order chi connectivity index (χ1) is 13.1. The summed E-state index contributed by atoms with van der Waals surface area (Å²) in [5.74, 6) is 3.01. The van der Waals surface area contributed by atoms with E-state index in [1.807, 2.05) is 19.1 Å². The van der Waals surface area contributed by atoms with Crippen LogP contribution in [0.15, 0.2) is 24.3 Å². The van der Waals surface area contributed by atoms with Crippen LogP contribution in [0.25, 0.3) is 0 Å². The third-order valence-electron chi connectivity index (χ3n) is 6.20. The lowest BCUT2D eigenvalue weighted by Crippen LogP contribution is -2.49. The molecule has 1 saturated carbocycles. The molecule has 1 aliphatic heterocycles. The van der Waals surface area contributed by atoms with Crippen molar-refractivity contribution in [3.63, 3.8) is 0 Å². The predicted molar refractivity (Wildman–Crippen MR) is 103 cm³/mol. The van der Waals surface area contributed by atoms with Gasteiger partial charge in [-0.1, -0.05) is 25.0 Å². The van der Waals surface area contributed by atoms with Gasteiger partial charge in [0.2, 0.25) is 5.91 Å². The molecule has 1 amide bonds. The molecule has 2 fully saturated rings. The maximum atomic E-state index is 13.7. The van der Waals surface area contributed by atoms with Gasteiger partial charge in [0.15, 0.2) is 5.82 Å². The predicted octanol–water partition coefficient (Wildman–Crippen LogP) is 3.34. The molecule has 0 bridgehead atoms. The maximum absolute atomic E-state index is 13.7. The lowest BCUT2D eigenvalue weighted by Gasteiger charge is -2.39. The number of likely N-dealkylation sites (tertiary alicyclic amines) is 1. The molecule has 1 saturated heterocycles. The molecule has 0 radical (unpaired) electrons. The summed E-state index contributed by atoms with van der Waals surface area (Å²) in [5.41, 5.74) is 0.741. The molecule has 1 aromatic heterocycles. The van der Waals surface area contributed by atoms with Gasteiger partial charge in [-0.2, -0.15) is 5.10 Å². The molecule has 6 heteroatoms. The third kappa shape index (κ3) is 3.33. The molecule has 2 heterocycles. The first kappa shape index (κ1) is 18.0. The summed E-state index contributed by atoms with van der Waals surface area (Å²) >= 11 is 0. The van der Waals surface area contributed by atoms with Crippen molar-refractivity contribution >= 4 is 5.91 Å². The summed E-state index contributed by atoms with van der Waals surface area (Å²) in [6.07, 6.45) is 6.11. The summed E-state index contributed by atoms with van der Waals surface area (Å²) in [5, 5.41) is 7.27. The Morgan fingerprint density at radius 1 is 1.22 bits per heavy atom. The fourth-order valence-corrected chi connectivity index (χ4v) is 4.73. The van der Waals surface area contributed by atoms with E-state index in [1.54, 1.807) is 7.11 Å². The Kier molecular flexibility index (Phi) is 4.89. The van der Waals surface area contributed by atoms with Crippen molar-refractivity contribution < 1.29 is 9.53 Å². The van der Waals surface area contributed by atoms with E-state index >= 15 is 0 Å². The van der Waals surface area contributed by atoms with Crippen LogP contribution in [0.1, 0.15) is 61.7 Å². The van der Waals surface area contributed by atoms with Crippen molar-refractivity contribution in [2.24, 2.45) is 0 Å². The van der Waals surface area contributed by atoms with E-state index in [9.17, 15) is 4.79 Å². The number of amides is 1. The molecule has 1 N–H and O–H groups in total. The van der Waals surface area contributed by atoms with E-state index in [-0.39, 0.29) is 17.2 Å². The minimum atomic E-state index is -0.386. The standard InChI is InChI=1S/C21H28N4O2/c1-15-22-19(24-23-15)16-6-5-13-25(14-16)20(26)21(11-3-4-12-21)17-7-9-18(27-2)10-8-17/h7-10,16H,3-6,11-14H2,1-2H3,(H,22,23,24)/t16-/m0/s1. The van der Waals surface area contributed by atoms with Crippen LogP contribution in [0, 0.1) is 6.92 Å². The Bertz CT molecular complexity index is 793. The minimum absolute atomic E-state index is 0.224. The number of aromatic amines is 1.